The van der Waals surface area contributed by atoms with E-state index < -0.39 is 11.3 Å². The van der Waals surface area contributed by atoms with Crippen molar-refractivity contribution in [2.24, 2.45) is 11.3 Å². The number of carbonyl (C=O) groups is 1. The SMILES string of the molecule is CNc1cc(N2CCc3c(N4CCC(CN5CC6(CCNCC6(F)F)C5)CC4)cccc32)nn2c(C(=O)N[C@@H]3CC[C@H]3OC)cnc12. The number of anilines is 4. The number of halogens is 2. The number of aromatic nitrogens is 3. The first kappa shape index (κ1) is 30.8. The average molecular weight is 650 g/mol. The highest BCUT2D eigenvalue weighted by atomic mass is 19.3. The molecule has 5 aliphatic rings. The number of rotatable bonds is 8. The van der Waals surface area contributed by atoms with Crippen molar-refractivity contribution in [2.75, 3.05) is 81.6 Å². The molecule has 0 radical (unpaired) electrons. The fraction of sp³-hybridized carbons (Fsp3) is 0.618. The van der Waals surface area contributed by atoms with Gasteiger partial charge in [-0.15, -0.1) is 5.10 Å². The third-order valence-corrected chi connectivity index (χ3v) is 11.5. The first-order valence-corrected chi connectivity index (χ1v) is 17.1. The number of nitrogens with one attached hydrogen (secondary N) is 3. The van der Waals surface area contributed by atoms with E-state index in [4.69, 9.17) is 9.84 Å². The molecule has 1 aliphatic carbocycles. The summed E-state index contributed by atoms with van der Waals surface area (Å²) in [4.78, 5) is 24.8. The van der Waals surface area contributed by atoms with Crippen LogP contribution in [-0.2, 0) is 11.2 Å². The Morgan fingerprint density at radius 3 is 2.66 bits per heavy atom. The first-order valence-electron chi connectivity index (χ1n) is 17.1. The van der Waals surface area contributed by atoms with Crippen LogP contribution in [0.25, 0.3) is 5.65 Å². The highest BCUT2D eigenvalue weighted by Gasteiger charge is 2.61. The lowest BCUT2D eigenvalue weighted by atomic mass is 9.69. The van der Waals surface area contributed by atoms with Gasteiger partial charge in [0, 0.05) is 76.4 Å². The number of hydrogen-bond acceptors (Lipinski definition) is 9. The summed E-state index contributed by atoms with van der Waals surface area (Å²) in [6, 6.07) is 8.50. The van der Waals surface area contributed by atoms with Crippen LogP contribution in [0.15, 0.2) is 30.5 Å². The second-order valence-electron chi connectivity index (χ2n) is 14.2. The van der Waals surface area contributed by atoms with E-state index >= 15 is 0 Å². The smallest absolute Gasteiger partial charge is 0.271 e. The number of ether oxygens (including phenoxy) is 1. The highest BCUT2D eigenvalue weighted by Crippen LogP contribution is 2.49. The van der Waals surface area contributed by atoms with Gasteiger partial charge in [-0.1, -0.05) is 6.07 Å². The summed E-state index contributed by atoms with van der Waals surface area (Å²) < 4.78 is 36.4. The molecule has 2 aromatic heterocycles. The summed E-state index contributed by atoms with van der Waals surface area (Å²) in [5.41, 5.74) is 4.70. The Kier molecular flexibility index (Phi) is 7.76. The van der Waals surface area contributed by atoms with Gasteiger partial charge >= 0.3 is 0 Å². The highest BCUT2D eigenvalue weighted by molar-refractivity contribution is 5.94. The Morgan fingerprint density at radius 1 is 1.13 bits per heavy atom. The van der Waals surface area contributed by atoms with Gasteiger partial charge in [-0.3, -0.25) is 4.79 Å². The van der Waals surface area contributed by atoms with E-state index in [9.17, 15) is 13.6 Å². The zero-order chi connectivity index (χ0) is 32.3. The molecule has 8 rings (SSSR count). The van der Waals surface area contributed by atoms with Gasteiger partial charge in [0.25, 0.3) is 11.8 Å². The number of hydrogen-bond donors (Lipinski definition) is 3. The third kappa shape index (κ3) is 5.21. The molecule has 6 heterocycles. The predicted octanol–water partition coefficient (Wildman–Crippen LogP) is 3.52. The number of likely N-dealkylation sites (tertiary alicyclic amines) is 1. The quantitative estimate of drug-likeness (QED) is 0.339. The summed E-state index contributed by atoms with van der Waals surface area (Å²) >= 11 is 0. The Labute approximate surface area is 274 Å². The molecule has 3 N–H and O–H groups in total. The molecule has 3 saturated heterocycles. The van der Waals surface area contributed by atoms with Crippen molar-refractivity contribution < 1.29 is 18.3 Å². The number of amides is 1. The van der Waals surface area contributed by atoms with Crippen LogP contribution in [0.2, 0.25) is 0 Å². The summed E-state index contributed by atoms with van der Waals surface area (Å²) in [5, 5.41) is 14.2. The molecule has 252 valence electrons. The van der Waals surface area contributed by atoms with Crippen LogP contribution >= 0.6 is 0 Å². The zero-order valence-corrected chi connectivity index (χ0v) is 27.3. The molecule has 1 spiro atoms. The van der Waals surface area contributed by atoms with E-state index in [0.29, 0.717) is 43.3 Å². The molecule has 0 unspecified atom stereocenters. The predicted molar refractivity (Wildman–Crippen MR) is 177 cm³/mol. The number of nitrogens with zero attached hydrogens (tertiary/aromatic N) is 6. The lowest BCUT2D eigenvalue weighted by Crippen LogP contribution is -2.70. The average Bonchev–Trinajstić information content (AvgIpc) is 3.68. The minimum atomic E-state index is -2.61. The fourth-order valence-corrected chi connectivity index (χ4v) is 8.53. The van der Waals surface area contributed by atoms with Gasteiger partial charge in [-0.05, 0) is 63.1 Å². The maximum absolute atomic E-state index is 14.6. The third-order valence-electron chi connectivity index (χ3n) is 11.5. The standard InChI is InChI=1S/C34H45F2N9O2/c1-37-25-16-30(41-45-28(17-39-31(25)45)32(46)40-24-6-7-29(24)47-2)44-15-10-23-26(4-3-5-27(23)44)43-13-8-22(9-14-43)18-42-20-33(21-42)11-12-38-19-34(33,35)36/h3-5,16-17,22,24,29,37-38H,6-15,18-21H2,1-2H3,(H,40,46)/t24-,29-/m1/s1. The van der Waals surface area contributed by atoms with Gasteiger partial charge in [0.2, 0.25) is 0 Å². The molecule has 3 aromatic rings. The summed E-state index contributed by atoms with van der Waals surface area (Å²) in [5.74, 6) is -1.52. The van der Waals surface area contributed by atoms with Crippen LogP contribution in [0, 0.1) is 11.3 Å². The molecule has 13 heteroatoms. The van der Waals surface area contributed by atoms with Crippen molar-refractivity contribution in [1.82, 2.24) is 30.1 Å². The van der Waals surface area contributed by atoms with Gasteiger partial charge in [-0.2, -0.15) is 0 Å². The van der Waals surface area contributed by atoms with Crippen LogP contribution in [0.1, 0.15) is 48.2 Å². The molecule has 1 aromatic carbocycles. The maximum atomic E-state index is 14.6. The van der Waals surface area contributed by atoms with Crippen molar-refractivity contribution in [3.8, 4) is 0 Å². The van der Waals surface area contributed by atoms with Gasteiger partial charge in [-0.25, -0.2) is 18.3 Å². The van der Waals surface area contributed by atoms with E-state index in [-0.39, 0.29) is 24.6 Å². The monoisotopic (exact) mass is 649 g/mol. The molecule has 4 aliphatic heterocycles. The zero-order valence-electron chi connectivity index (χ0n) is 27.3. The number of methoxy groups -OCH3 is 1. The minimum Gasteiger partial charge on any atom is -0.385 e. The largest absolute Gasteiger partial charge is 0.385 e. The molecule has 1 amide bonds. The number of benzene rings is 1. The Bertz CT molecular complexity index is 1650. The lowest BCUT2D eigenvalue weighted by molar-refractivity contribution is -0.205. The van der Waals surface area contributed by atoms with Crippen molar-refractivity contribution in [2.45, 2.75) is 56.6 Å². The van der Waals surface area contributed by atoms with Crippen molar-refractivity contribution >= 4 is 34.4 Å². The summed E-state index contributed by atoms with van der Waals surface area (Å²) in [6.45, 7) is 5.20. The van der Waals surface area contributed by atoms with Crippen LogP contribution < -0.4 is 25.8 Å². The Balaban J connectivity index is 0.957. The number of imidazole rings is 1. The molecule has 47 heavy (non-hydrogen) atoms. The number of piperidine rings is 2. The second-order valence-corrected chi connectivity index (χ2v) is 14.2. The summed E-state index contributed by atoms with van der Waals surface area (Å²) in [6.07, 6.45) is 7.06. The molecule has 11 nitrogen and oxygen atoms in total. The van der Waals surface area contributed by atoms with Crippen LogP contribution in [-0.4, -0.2) is 110 Å². The van der Waals surface area contributed by atoms with Crippen molar-refractivity contribution in [3.63, 3.8) is 0 Å². The molecule has 4 fully saturated rings. The fourth-order valence-electron chi connectivity index (χ4n) is 8.53. The minimum absolute atomic E-state index is 0.00545. The number of fused-ring (bicyclic) bond motifs is 2. The maximum Gasteiger partial charge on any atom is 0.271 e. The topological polar surface area (TPSA) is 102 Å². The molecular formula is C34H45F2N9O2. The lowest BCUT2D eigenvalue weighted by Gasteiger charge is -2.56. The van der Waals surface area contributed by atoms with Crippen molar-refractivity contribution in [3.05, 3.63) is 41.7 Å². The Hall–Kier alpha value is -3.55. The Morgan fingerprint density at radius 2 is 1.94 bits per heavy atom. The molecule has 2 atom stereocenters. The first-order chi connectivity index (χ1) is 22.8. The van der Waals surface area contributed by atoms with Crippen LogP contribution in [0.3, 0.4) is 0 Å². The second kappa shape index (κ2) is 11.9. The van der Waals surface area contributed by atoms with E-state index in [1.165, 1.54) is 11.3 Å². The number of carbonyl (C=O) groups excluding carboxylic acids is 1. The van der Waals surface area contributed by atoms with Crippen molar-refractivity contribution in [1.29, 1.82) is 0 Å². The normalized spacial score (nSPS) is 25.4. The number of alkyl halides is 2. The van der Waals surface area contributed by atoms with Gasteiger partial charge < -0.3 is 35.4 Å². The molecule has 1 saturated carbocycles. The molecular weight excluding hydrogens is 604 g/mol. The van der Waals surface area contributed by atoms with Crippen LogP contribution in [0.4, 0.5) is 31.7 Å². The molecule has 0 bridgehead atoms. The van der Waals surface area contributed by atoms with Gasteiger partial charge in [0.15, 0.2) is 17.2 Å². The van der Waals surface area contributed by atoms with E-state index in [1.807, 2.05) is 13.1 Å². The summed E-state index contributed by atoms with van der Waals surface area (Å²) in [7, 11) is 3.53. The van der Waals surface area contributed by atoms with E-state index in [2.05, 4.69) is 53.8 Å². The van der Waals surface area contributed by atoms with E-state index in [1.54, 1.807) is 17.8 Å². The van der Waals surface area contributed by atoms with Crippen LogP contribution in [0.5, 0.6) is 0 Å². The van der Waals surface area contributed by atoms with Gasteiger partial charge in [0.05, 0.1) is 36.0 Å². The van der Waals surface area contributed by atoms with E-state index in [0.717, 1.165) is 75.5 Å². The van der Waals surface area contributed by atoms with Gasteiger partial charge in [0.1, 0.15) is 0 Å².